The van der Waals surface area contributed by atoms with Gasteiger partial charge >= 0.3 is 0 Å². The van der Waals surface area contributed by atoms with Crippen molar-refractivity contribution < 1.29 is 14.4 Å². The second kappa shape index (κ2) is 8.58. The van der Waals surface area contributed by atoms with Crippen LogP contribution in [0.25, 0.3) is 0 Å². The van der Waals surface area contributed by atoms with E-state index in [9.17, 15) is 9.90 Å². The molecular formula is C28H29BrNO2+. The minimum absolute atomic E-state index is 0.0764. The van der Waals surface area contributed by atoms with Crippen molar-refractivity contribution in [1.82, 2.24) is 0 Å². The van der Waals surface area contributed by atoms with Crippen molar-refractivity contribution in [2.75, 3.05) is 26.2 Å². The predicted molar refractivity (Wildman–Crippen MR) is 130 cm³/mol. The highest BCUT2D eigenvalue weighted by atomic mass is 79.9. The van der Waals surface area contributed by atoms with Gasteiger partial charge in [-0.25, -0.2) is 0 Å². The van der Waals surface area contributed by atoms with Gasteiger partial charge in [0.1, 0.15) is 12.1 Å². The molecule has 0 unspecified atom stereocenters. The first-order valence-corrected chi connectivity index (χ1v) is 12.3. The Bertz CT molecular complexity index is 1030. The number of quaternary nitrogens is 1. The van der Waals surface area contributed by atoms with Crippen LogP contribution in [0.15, 0.2) is 89.4 Å². The Hall–Kier alpha value is -2.27. The van der Waals surface area contributed by atoms with Crippen LogP contribution in [0.5, 0.6) is 0 Å². The normalized spacial score (nSPS) is 24.9. The van der Waals surface area contributed by atoms with Crippen molar-refractivity contribution in [3.63, 3.8) is 0 Å². The van der Waals surface area contributed by atoms with Crippen LogP contribution in [-0.4, -0.2) is 41.6 Å². The molecule has 0 spiro atoms. The summed E-state index contributed by atoms with van der Waals surface area (Å²) in [4.78, 5) is 13.2. The molecule has 3 fully saturated rings. The van der Waals surface area contributed by atoms with E-state index in [0.717, 1.165) is 58.1 Å². The number of benzene rings is 3. The summed E-state index contributed by atoms with van der Waals surface area (Å²) in [7, 11) is 0. The molecule has 3 nitrogen and oxygen atoms in total. The van der Waals surface area contributed by atoms with Crippen LogP contribution in [0, 0.1) is 11.8 Å². The molecule has 32 heavy (non-hydrogen) atoms. The number of carbonyl (C=O) groups excluding carboxylic acids is 1. The lowest BCUT2D eigenvalue weighted by Gasteiger charge is -2.56. The second-order valence-corrected chi connectivity index (χ2v) is 10.4. The van der Waals surface area contributed by atoms with Gasteiger partial charge in [-0.3, -0.25) is 4.79 Å². The maximum absolute atomic E-state index is 13.2. The lowest BCUT2D eigenvalue weighted by molar-refractivity contribution is -0.940. The van der Waals surface area contributed by atoms with Gasteiger partial charge in [0.25, 0.3) is 0 Å². The SMILES string of the molecule is O=C(C[N+]12CCC(CC1)[C@@H](C(O)(c1ccccc1)c1ccccc1)C2)c1ccc(Br)cc1. The summed E-state index contributed by atoms with van der Waals surface area (Å²) in [6, 6.07) is 27.9. The molecule has 6 rings (SSSR count). The first-order chi connectivity index (χ1) is 15.5. The predicted octanol–water partition coefficient (Wildman–Crippen LogP) is 5.42. The van der Waals surface area contributed by atoms with E-state index >= 15 is 0 Å². The molecule has 2 bridgehead atoms. The molecule has 0 aromatic heterocycles. The molecule has 1 N–H and O–H groups in total. The average molecular weight is 491 g/mol. The van der Waals surface area contributed by atoms with Crippen LogP contribution < -0.4 is 0 Å². The number of halogens is 1. The Kier molecular flexibility index (Phi) is 5.79. The molecule has 164 valence electrons. The summed E-state index contributed by atoms with van der Waals surface area (Å²) in [6.45, 7) is 3.37. The smallest absolute Gasteiger partial charge is 0.216 e. The Labute approximate surface area is 198 Å². The lowest BCUT2D eigenvalue weighted by atomic mass is 9.64. The summed E-state index contributed by atoms with van der Waals surface area (Å²) < 4.78 is 1.76. The fourth-order valence-electron chi connectivity index (χ4n) is 5.99. The van der Waals surface area contributed by atoms with Crippen molar-refractivity contribution >= 4 is 21.7 Å². The number of aliphatic hydroxyl groups is 1. The van der Waals surface area contributed by atoms with Crippen LogP contribution in [0.1, 0.15) is 34.3 Å². The van der Waals surface area contributed by atoms with Crippen LogP contribution in [0.4, 0.5) is 0 Å². The van der Waals surface area contributed by atoms with Gasteiger partial charge in [0.15, 0.2) is 0 Å². The number of hydrogen-bond acceptors (Lipinski definition) is 2. The first kappa shape index (κ1) is 21.6. The van der Waals surface area contributed by atoms with E-state index in [1.54, 1.807) is 0 Å². The zero-order valence-electron chi connectivity index (χ0n) is 18.2. The van der Waals surface area contributed by atoms with Gasteiger partial charge in [0, 0.05) is 28.8 Å². The molecule has 3 saturated heterocycles. The number of hydrogen-bond donors (Lipinski definition) is 1. The highest BCUT2D eigenvalue weighted by Crippen LogP contribution is 2.49. The largest absolute Gasteiger partial charge is 0.380 e. The number of ketones is 1. The zero-order chi connectivity index (χ0) is 22.2. The summed E-state index contributed by atoms with van der Waals surface area (Å²) >= 11 is 3.45. The highest BCUT2D eigenvalue weighted by Gasteiger charge is 2.55. The van der Waals surface area contributed by atoms with Crippen molar-refractivity contribution in [3.05, 3.63) is 106 Å². The van der Waals surface area contributed by atoms with Gasteiger partial charge in [0.05, 0.1) is 19.6 Å². The Morgan fingerprint density at radius 2 is 1.41 bits per heavy atom. The van der Waals surface area contributed by atoms with E-state index in [1.807, 2.05) is 84.9 Å². The highest BCUT2D eigenvalue weighted by molar-refractivity contribution is 9.10. The van der Waals surface area contributed by atoms with Crippen LogP contribution in [-0.2, 0) is 5.60 Å². The molecule has 3 heterocycles. The van der Waals surface area contributed by atoms with E-state index in [1.165, 1.54) is 0 Å². The van der Waals surface area contributed by atoms with Gasteiger partial charge in [0.2, 0.25) is 5.78 Å². The third kappa shape index (κ3) is 3.85. The summed E-state index contributed by atoms with van der Waals surface area (Å²) in [5, 5.41) is 12.4. The van der Waals surface area contributed by atoms with Crippen molar-refractivity contribution in [1.29, 1.82) is 0 Å². The molecule has 4 heteroatoms. The van der Waals surface area contributed by atoms with E-state index < -0.39 is 5.60 Å². The third-order valence-corrected chi connectivity index (χ3v) is 8.24. The standard InChI is InChI=1S/C28H29BrNO2/c29-25-13-11-22(12-14-25)27(31)20-30-17-15-21(16-18-30)26(19-30)28(32,23-7-3-1-4-8-23)24-9-5-2-6-10-24/h1-14,21,26,32H,15-20H2/q+1/t21?,26-,30?/m0/s1. The van der Waals surface area contributed by atoms with Crippen molar-refractivity contribution in [3.8, 4) is 0 Å². The minimum atomic E-state index is -1.06. The fraction of sp³-hybridized carbons (Fsp3) is 0.321. The van der Waals surface area contributed by atoms with Crippen LogP contribution in [0.3, 0.4) is 0 Å². The Morgan fingerprint density at radius 3 is 1.94 bits per heavy atom. The monoisotopic (exact) mass is 490 g/mol. The summed E-state index contributed by atoms with van der Waals surface area (Å²) in [5.74, 6) is 0.732. The number of nitrogens with zero attached hydrogens (tertiary/aromatic N) is 1. The Balaban J connectivity index is 1.49. The molecule has 0 aliphatic carbocycles. The molecule has 1 atom stereocenters. The fourth-order valence-corrected chi connectivity index (χ4v) is 6.26. The van der Waals surface area contributed by atoms with Crippen molar-refractivity contribution in [2.24, 2.45) is 11.8 Å². The topological polar surface area (TPSA) is 37.3 Å². The molecule has 0 amide bonds. The van der Waals surface area contributed by atoms with E-state index in [4.69, 9.17) is 0 Å². The molecule has 3 aliphatic heterocycles. The molecule has 0 radical (unpaired) electrons. The maximum atomic E-state index is 13.2. The van der Waals surface area contributed by atoms with Gasteiger partial charge in [-0.1, -0.05) is 88.7 Å². The van der Waals surface area contributed by atoms with Gasteiger partial charge < -0.3 is 9.59 Å². The second-order valence-electron chi connectivity index (χ2n) is 9.50. The van der Waals surface area contributed by atoms with Crippen LogP contribution in [0.2, 0.25) is 0 Å². The zero-order valence-corrected chi connectivity index (χ0v) is 19.7. The number of carbonyl (C=O) groups is 1. The molecule has 3 aromatic rings. The van der Waals surface area contributed by atoms with Crippen molar-refractivity contribution in [2.45, 2.75) is 18.4 Å². The van der Waals surface area contributed by atoms with Gasteiger partial charge in [-0.2, -0.15) is 0 Å². The quantitative estimate of drug-likeness (QED) is 0.369. The number of fused-ring (bicyclic) bond motifs is 3. The molecule has 0 saturated carbocycles. The average Bonchev–Trinajstić information content (AvgIpc) is 2.85. The molecule has 3 aliphatic rings. The van der Waals surface area contributed by atoms with E-state index in [-0.39, 0.29) is 11.7 Å². The molecule has 3 aromatic carbocycles. The number of Topliss-reactive ketones (excluding diaryl/α,β-unsaturated/α-hetero) is 1. The maximum Gasteiger partial charge on any atom is 0.216 e. The minimum Gasteiger partial charge on any atom is -0.380 e. The number of piperidine rings is 3. The first-order valence-electron chi connectivity index (χ1n) is 11.5. The van der Waals surface area contributed by atoms with E-state index in [2.05, 4.69) is 15.9 Å². The Morgan fingerprint density at radius 1 is 0.875 bits per heavy atom. The van der Waals surface area contributed by atoms with Crippen LogP contribution >= 0.6 is 15.9 Å². The summed E-state index contributed by atoms with van der Waals surface area (Å²) in [6.07, 6.45) is 2.11. The number of rotatable bonds is 6. The van der Waals surface area contributed by atoms with Gasteiger partial charge in [-0.15, -0.1) is 0 Å². The lowest BCUT2D eigenvalue weighted by Crippen LogP contribution is -2.66. The third-order valence-electron chi connectivity index (χ3n) is 7.71. The van der Waals surface area contributed by atoms with Gasteiger partial charge in [-0.05, 0) is 29.2 Å². The summed E-state index contributed by atoms with van der Waals surface area (Å²) in [5.41, 5.74) is 1.61. The van der Waals surface area contributed by atoms with E-state index in [0.29, 0.717) is 12.5 Å². The molecular weight excluding hydrogens is 462 g/mol.